The van der Waals surface area contributed by atoms with Crippen LogP contribution in [0.25, 0.3) is 0 Å². The zero-order chi connectivity index (χ0) is 20.9. The Morgan fingerprint density at radius 3 is 2.73 bits per heavy atom. The number of rotatable bonds is 7. The first-order valence-corrected chi connectivity index (χ1v) is 10.1. The summed E-state index contributed by atoms with van der Waals surface area (Å²) >= 11 is 0. The van der Waals surface area contributed by atoms with Gasteiger partial charge < -0.3 is 29.6 Å². The first-order valence-electron chi connectivity index (χ1n) is 10.1. The Morgan fingerprint density at radius 2 is 1.97 bits per heavy atom. The van der Waals surface area contributed by atoms with E-state index >= 15 is 0 Å². The molecule has 0 saturated carbocycles. The van der Waals surface area contributed by atoms with Crippen LogP contribution in [-0.4, -0.2) is 62.3 Å². The molecule has 0 unspecified atom stereocenters. The van der Waals surface area contributed by atoms with Crippen LogP contribution in [0.3, 0.4) is 0 Å². The molecule has 2 fully saturated rings. The third kappa shape index (κ3) is 4.56. The van der Waals surface area contributed by atoms with E-state index in [-0.39, 0.29) is 36.4 Å². The Bertz CT molecular complexity index is 850. The van der Waals surface area contributed by atoms with Crippen LogP contribution in [0.4, 0.5) is 4.79 Å². The van der Waals surface area contributed by atoms with Gasteiger partial charge >= 0.3 is 6.03 Å². The maximum Gasteiger partial charge on any atom is 0.315 e. The van der Waals surface area contributed by atoms with Crippen molar-refractivity contribution < 1.29 is 23.7 Å². The van der Waals surface area contributed by atoms with Gasteiger partial charge in [-0.25, -0.2) is 4.79 Å². The van der Waals surface area contributed by atoms with E-state index in [9.17, 15) is 4.79 Å². The molecule has 2 aromatic rings. The molecular weight excluding hydrogens is 386 g/mol. The minimum absolute atomic E-state index is 0.237. The summed E-state index contributed by atoms with van der Waals surface area (Å²) in [6.45, 7) is 3.05. The number of aromatic nitrogens is 1. The second-order valence-corrected chi connectivity index (χ2v) is 7.48. The van der Waals surface area contributed by atoms with Crippen molar-refractivity contribution in [2.24, 2.45) is 0 Å². The molecule has 2 amide bonds. The number of amides is 2. The molecule has 5 atom stereocenters. The second-order valence-electron chi connectivity index (χ2n) is 7.48. The minimum Gasteiger partial charge on any atom is -0.483 e. The quantitative estimate of drug-likeness (QED) is 0.722. The third-order valence-corrected chi connectivity index (χ3v) is 5.40. The molecule has 4 rings (SSSR count). The number of carbonyl (C=O) groups is 1. The number of ether oxygens (including phenoxy) is 4. The fraction of sp³-hybridized carbons (Fsp3) is 0.455. The number of nitrogens with zero attached hydrogens (tertiary/aromatic N) is 1. The minimum atomic E-state index is -0.286. The van der Waals surface area contributed by atoms with E-state index in [1.165, 1.54) is 0 Å². The van der Waals surface area contributed by atoms with Crippen molar-refractivity contribution >= 4 is 6.03 Å². The van der Waals surface area contributed by atoms with Gasteiger partial charge in [-0.15, -0.1) is 0 Å². The topological polar surface area (TPSA) is 90.9 Å². The second kappa shape index (κ2) is 9.42. The van der Waals surface area contributed by atoms with Crippen LogP contribution in [0, 0.1) is 6.92 Å². The standard InChI is InChI=1S/C22H27N3O5/c1-14-18(9-6-10-23-14)30-19-13-29-20-17(12-28-21(19)20)25-22(26)24-16(11-27-2)15-7-4-3-5-8-15/h3-10,16-17,19-21H,11-13H2,1-2H3,(H2,24,25,26)/t16-,17+,19+,20-,21-/m1/s1. The number of hydrogen-bond donors (Lipinski definition) is 2. The fourth-order valence-electron chi connectivity index (χ4n) is 3.89. The van der Waals surface area contributed by atoms with Gasteiger partial charge in [-0.05, 0) is 24.6 Å². The highest BCUT2D eigenvalue weighted by Gasteiger charge is 2.49. The van der Waals surface area contributed by atoms with Crippen molar-refractivity contribution in [3.8, 4) is 5.75 Å². The van der Waals surface area contributed by atoms with Crippen molar-refractivity contribution in [1.82, 2.24) is 15.6 Å². The van der Waals surface area contributed by atoms with E-state index in [0.29, 0.717) is 19.8 Å². The van der Waals surface area contributed by atoms with Crippen molar-refractivity contribution in [3.05, 3.63) is 59.9 Å². The number of fused-ring (bicyclic) bond motifs is 1. The maximum atomic E-state index is 12.6. The Labute approximate surface area is 175 Å². The highest BCUT2D eigenvalue weighted by molar-refractivity contribution is 5.75. The van der Waals surface area contributed by atoms with Gasteiger partial charge in [-0.2, -0.15) is 0 Å². The molecule has 0 radical (unpaired) electrons. The summed E-state index contributed by atoms with van der Waals surface area (Å²) in [6, 6.07) is 12.7. The van der Waals surface area contributed by atoms with E-state index in [2.05, 4.69) is 15.6 Å². The van der Waals surface area contributed by atoms with Crippen LogP contribution in [-0.2, 0) is 14.2 Å². The monoisotopic (exact) mass is 413 g/mol. The first-order chi connectivity index (χ1) is 14.7. The summed E-state index contributed by atoms with van der Waals surface area (Å²) in [4.78, 5) is 16.9. The highest BCUT2D eigenvalue weighted by atomic mass is 16.6. The summed E-state index contributed by atoms with van der Waals surface area (Å²) < 4.78 is 23.2. The van der Waals surface area contributed by atoms with E-state index in [4.69, 9.17) is 18.9 Å². The van der Waals surface area contributed by atoms with Crippen molar-refractivity contribution in [3.63, 3.8) is 0 Å². The lowest BCUT2D eigenvalue weighted by Gasteiger charge is -2.22. The normalized spacial score (nSPS) is 26.1. The van der Waals surface area contributed by atoms with Crippen LogP contribution < -0.4 is 15.4 Å². The summed E-state index contributed by atoms with van der Waals surface area (Å²) in [5.41, 5.74) is 1.80. The third-order valence-electron chi connectivity index (χ3n) is 5.40. The Balaban J connectivity index is 1.34. The predicted octanol–water partition coefficient (Wildman–Crippen LogP) is 1.99. The average Bonchev–Trinajstić information content (AvgIpc) is 3.33. The molecule has 0 bridgehead atoms. The Morgan fingerprint density at radius 1 is 1.17 bits per heavy atom. The lowest BCUT2D eigenvalue weighted by Crippen LogP contribution is -2.49. The number of carbonyl (C=O) groups excluding carboxylic acids is 1. The number of urea groups is 1. The van der Waals surface area contributed by atoms with E-state index in [0.717, 1.165) is 17.0 Å². The van der Waals surface area contributed by atoms with Crippen molar-refractivity contribution in [2.45, 2.75) is 37.3 Å². The molecule has 0 aliphatic carbocycles. The fourth-order valence-corrected chi connectivity index (χ4v) is 3.89. The smallest absolute Gasteiger partial charge is 0.315 e. The molecule has 8 heteroatoms. The van der Waals surface area contributed by atoms with Crippen LogP contribution in [0.15, 0.2) is 48.7 Å². The Kier molecular flexibility index (Phi) is 6.47. The molecule has 1 aromatic heterocycles. The van der Waals surface area contributed by atoms with Gasteiger partial charge in [0.25, 0.3) is 0 Å². The zero-order valence-electron chi connectivity index (χ0n) is 17.1. The number of aryl methyl sites for hydroxylation is 1. The summed E-state index contributed by atoms with van der Waals surface area (Å²) in [7, 11) is 1.61. The average molecular weight is 413 g/mol. The van der Waals surface area contributed by atoms with Gasteiger partial charge in [-0.1, -0.05) is 30.3 Å². The maximum absolute atomic E-state index is 12.6. The first kappa shape index (κ1) is 20.6. The van der Waals surface area contributed by atoms with E-state index in [1.807, 2.05) is 49.4 Å². The van der Waals surface area contributed by atoms with Crippen LogP contribution in [0.2, 0.25) is 0 Å². The molecule has 3 heterocycles. The molecule has 2 saturated heterocycles. The van der Waals surface area contributed by atoms with E-state index in [1.54, 1.807) is 13.3 Å². The van der Waals surface area contributed by atoms with Gasteiger partial charge in [0.05, 0.1) is 37.6 Å². The SMILES string of the molecule is COC[C@@H](NC(=O)N[C@H]1CO[C@H]2[C@@H]1OC[C@@H]2Oc1cccnc1C)c1ccccc1. The largest absolute Gasteiger partial charge is 0.483 e. The number of methoxy groups -OCH3 is 1. The number of nitrogens with one attached hydrogen (secondary N) is 2. The molecule has 2 N–H and O–H groups in total. The van der Waals surface area contributed by atoms with Gasteiger partial charge in [0.1, 0.15) is 18.0 Å². The number of hydrogen-bond acceptors (Lipinski definition) is 6. The van der Waals surface area contributed by atoms with Crippen molar-refractivity contribution in [2.75, 3.05) is 26.9 Å². The molecule has 2 aliphatic heterocycles. The molecule has 8 nitrogen and oxygen atoms in total. The molecule has 0 spiro atoms. The molecule has 160 valence electrons. The van der Waals surface area contributed by atoms with Crippen LogP contribution >= 0.6 is 0 Å². The molecular formula is C22H27N3O5. The van der Waals surface area contributed by atoms with Gasteiger partial charge in [0, 0.05) is 13.3 Å². The van der Waals surface area contributed by atoms with Gasteiger partial charge in [0.15, 0.2) is 6.10 Å². The van der Waals surface area contributed by atoms with Gasteiger partial charge in [0.2, 0.25) is 0 Å². The van der Waals surface area contributed by atoms with E-state index < -0.39 is 0 Å². The lowest BCUT2D eigenvalue weighted by atomic mass is 10.1. The number of benzene rings is 1. The summed E-state index contributed by atoms with van der Waals surface area (Å²) in [6.07, 6.45) is 1.00. The summed E-state index contributed by atoms with van der Waals surface area (Å²) in [5, 5.41) is 5.96. The highest BCUT2D eigenvalue weighted by Crippen LogP contribution is 2.30. The zero-order valence-corrected chi connectivity index (χ0v) is 17.1. The van der Waals surface area contributed by atoms with Gasteiger partial charge in [-0.3, -0.25) is 4.98 Å². The number of pyridine rings is 1. The molecule has 30 heavy (non-hydrogen) atoms. The van der Waals surface area contributed by atoms with Crippen molar-refractivity contribution in [1.29, 1.82) is 0 Å². The summed E-state index contributed by atoms with van der Waals surface area (Å²) in [5.74, 6) is 0.717. The molecule has 2 aliphatic rings. The lowest BCUT2D eigenvalue weighted by molar-refractivity contribution is 0.0299. The van der Waals surface area contributed by atoms with Crippen LogP contribution in [0.1, 0.15) is 17.3 Å². The Hall–Kier alpha value is -2.68. The van der Waals surface area contributed by atoms with Crippen LogP contribution in [0.5, 0.6) is 5.75 Å². The predicted molar refractivity (Wildman–Crippen MR) is 109 cm³/mol. The molecule has 1 aromatic carbocycles.